The molecule has 0 radical (unpaired) electrons. The lowest BCUT2D eigenvalue weighted by molar-refractivity contribution is 1.29. The molecule has 0 aliphatic rings. The second kappa shape index (κ2) is 12.0. The fraction of sp³-hybridized carbons (Fsp3) is 0. The molecule has 1 nitrogen and oxygen atoms in total. The van der Waals surface area contributed by atoms with Crippen molar-refractivity contribution >= 4 is 59.3 Å². The maximum Gasteiger partial charge on any atom is 0.0476 e. The van der Waals surface area contributed by atoms with Crippen LogP contribution in [0.3, 0.4) is 0 Å². The first-order valence-electron chi connectivity index (χ1n) is 16.3. The van der Waals surface area contributed by atoms with Crippen LogP contribution in [0.1, 0.15) is 0 Å². The monoisotopic (exact) mass is 629 g/mol. The van der Waals surface area contributed by atoms with Crippen LogP contribution in [0.15, 0.2) is 188 Å². The molecular weight excluding hydrogens is 599 g/mol. The van der Waals surface area contributed by atoms with E-state index >= 15 is 0 Å². The molecule has 0 amide bonds. The molecule has 0 aliphatic carbocycles. The minimum absolute atomic E-state index is 1.12. The second-order valence-electron chi connectivity index (χ2n) is 12.2. The average molecular weight is 630 g/mol. The first kappa shape index (κ1) is 28.3. The zero-order valence-electron chi connectivity index (χ0n) is 26.3. The van der Waals surface area contributed by atoms with Gasteiger partial charge in [0, 0.05) is 37.2 Å². The van der Waals surface area contributed by atoms with Crippen molar-refractivity contribution in [2.75, 3.05) is 4.90 Å². The summed E-state index contributed by atoms with van der Waals surface area (Å²) >= 11 is 1.86. The number of nitrogens with zero attached hydrogens (tertiary/aromatic N) is 1. The van der Waals surface area contributed by atoms with Crippen LogP contribution in [0.5, 0.6) is 0 Å². The zero-order chi connectivity index (χ0) is 31.9. The summed E-state index contributed by atoms with van der Waals surface area (Å²) in [5, 5.41) is 5.14. The molecule has 0 spiro atoms. The van der Waals surface area contributed by atoms with Crippen LogP contribution in [0.2, 0.25) is 0 Å². The number of hydrogen-bond acceptors (Lipinski definition) is 2. The predicted octanol–water partition coefficient (Wildman–Crippen LogP) is 13.7. The summed E-state index contributed by atoms with van der Waals surface area (Å²) in [7, 11) is 0. The number of hydrogen-bond donors (Lipinski definition) is 0. The number of thiophene rings is 1. The number of anilines is 3. The first-order valence-corrected chi connectivity index (χ1v) is 17.2. The smallest absolute Gasteiger partial charge is 0.0476 e. The normalized spacial score (nSPS) is 11.3. The lowest BCUT2D eigenvalue weighted by Gasteiger charge is -2.26. The molecule has 8 aromatic carbocycles. The Morgan fingerprint density at radius 1 is 0.312 bits per heavy atom. The third kappa shape index (κ3) is 5.13. The van der Waals surface area contributed by atoms with Gasteiger partial charge in [-0.3, -0.25) is 0 Å². The van der Waals surface area contributed by atoms with E-state index in [1.165, 1.54) is 64.3 Å². The van der Waals surface area contributed by atoms with Crippen LogP contribution >= 0.6 is 11.3 Å². The predicted molar refractivity (Wildman–Crippen MR) is 208 cm³/mol. The first-order chi connectivity index (χ1) is 23.8. The van der Waals surface area contributed by atoms with Crippen molar-refractivity contribution in [1.82, 2.24) is 0 Å². The van der Waals surface area contributed by atoms with Gasteiger partial charge in [-0.15, -0.1) is 11.3 Å². The minimum atomic E-state index is 1.12. The van der Waals surface area contributed by atoms with Gasteiger partial charge in [-0.1, -0.05) is 140 Å². The standard InChI is InChI=1S/C46H31NS/c1-3-10-32(11-4-1)33-20-24-38(25-21-33)47(40-28-29-43-42-15-7-8-17-45(42)48-46(43)31-40)39-26-22-34(23-27-39)37-19-18-36-14-9-16-41(44(36)30-37)35-12-5-2-6-13-35/h1-31H. The molecule has 0 atom stereocenters. The molecule has 0 N–H and O–H groups in total. The van der Waals surface area contributed by atoms with Crippen LogP contribution < -0.4 is 4.90 Å². The summed E-state index contributed by atoms with van der Waals surface area (Å²) in [5.41, 5.74) is 10.7. The summed E-state index contributed by atoms with van der Waals surface area (Å²) in [6, 6.07) is 68.1. The van der Waals surface area contributed by atoms with Crippen molar-refractivity contribution in [2.45, 2.75) is 0 Å². The highest BCUT2D eigenvalue weighted by Gasteiger charge is 2.16. The fourth-order valence-corrected chi connectivity index (χ4v) is 8.00. The maximum atomic E-state index is 2.37. The Morgan fingerprint density at radius 2 is 0.875 bits per heavy atom. The molecule has 0 aliphatic heterocycles. The average Bonchev–Trinajstić information content (AvgIpc) is 3.54. The summed E-state index contributed by atoms with van der Waals surface area (Å²) in [6.45, 7) is 0. The van der Waals surface area contributed by atoms with E-state index in [9.17, 15) is 0 Å². The van der Waals surface area contributed by atoms with Crippen LogP contribution in [-0.4, -0.2) is 0 Å². The number of benzene rings is 8. The molecule has 2 heteroatoms. The number of fused-ring (bicyclic) bond motifs is 4. The van der Waals surface area contributed by atoms with Crippen molar-refractivity contribution in [2.24, 2.45) is 0 Å². The highest BCUT2D eigenvalue weighted by molar-refractivity contribution is 7.25. The minimum Gasteiger partial charge on any atom is -0.310 e. The summed E-state index contributed by atoms with van der Waals surface area (Å²) in [6.07, 6.45) is 0. The summed E-state index contributed by atoms with van der Waals surface area (Å²) in [5.74, 6) is 0. The molecule has 48 heavy (non-hydrogen) atoms. The van der Waals surface area contributed by atoms with Gasteiger partial charge in [-0.2, -0.15) is 0 Å². The molecule has 0 saturated heterocycles. The van der Waals surface area contributed by atoms with Crippen LogP contribution in [0.4, 0.5) is 17.1 Å². The van der Waals surface area contributed by atoms with Crippen LogP contribution in [-0.2, 0) is 0 Å². The zero-order valence-corrected chi connectivity index (χ0v) is 27.1. The van der Waals surface area contributed by atoms with E-state index in [4.69, 9.17) is 0 Å². The molecule has 0 bridgehead atoms. The van der Waals surface area contributed by atoms with E-state index in [0.717, 1.165) is 17.1 Å². The van der Waals surface area contributed by atoms with E-state index < -0.39 is 0 Å². The van der Waals surface area contributed by atoms with Gasteiger partial charge in [0.1, 0.15) is 0 Å². The molecular formula is C46H31NS. The molecule has 0 saturated carbocycles. The Labute approximate surface area is 284 Å². The van der Waals surface area contributed by atoms with E-state index in [1.54, 1.807) is 0 Å². The van der Waals surface area contributed by atoms with Gasteiger partial charge in [-0.05, 0) is 92.7 Å². The highest BCUT2D eigenvalue weighted by Crippen LogP contribution is 2.41. The molecule has 9 aromatic rings. The van der Waals surface area contributed by atoms with Gasteiger partial charge in [0.15, 0.2) is 0 Å². The summed E-state index contributed by atoms with van der Waals surface area (Å²) < 4.78 is 2.61. The van der Waals surface area contributed by atoms with Gasteiger partial charge in [0.05, 0.1) is 0 Å². The molecule has 0 fully saturated rings. The van der Waals surface area contributed by atoms with Gasteiger partial charge < -0.3 is 4.90 Å². The highest BCUT2D eigenvalue weighted by atomic mass is 32.1. The van der Waals surface area contributed by atoms with Crippen molar-refractivity contribution in [1.29, 1.82) is 0 Å². The van der Waals surface area contributed by atoms with Gasteiger partial charge in [0.2, 0.25) is 0 Å². The van der Waals surface area contributed by atoms with Gasteiger partial charge in [0.25, 0.3) is 0 Å². The Morgan fingerprint density at radius 3 is 1.60 bits per heavy atom. The molecule has 9 rings (SSSR count). The largest absolute Gasteiger partial charge is 0.310 e. The molecule has 226 valence electrons. The van der Waals surface area contributed by atoms with Crippen molar-refractivity contribution in [3.8, 4) is 33.4 Å². The Kier molecular flexibility index (Phi) is 7.07. The quantitative estimate of drug-likeness (QED) is 0.177. The van der Waals surface area contributed by atoms with Crippen LogP contribution in [0.25, 0.3) is 64.3 Å². The lowest BCUT2D eigenvalue weighted by Crippen LogP contribution is -2.09. The SMILES string of the molecule is c1ccc(-c2ccc(N(c3ccc(-c4ccc5cccc(-c6ccccc6)c5c4)cc3)c3ccc4c(c3)sc3ccccc34)cc2)cc1. The Hall–Kier alpha value is -5.96. The maximum absolute atomic E-state index is 2.37. The Balaban J connectivity index is 1.13. The van der Waals surface area contributed by atoms with E-state index in [1.807, 2.05) is 11.3 Å². The topological polar surface area (TPSA) is 3.24 Å². The third-order valence-corrected chi connectivity index (χ3v) is 10.4. The molecule has 1 heterocycles. The van der Waals surface area contributed by atoms with Gasteiger partial charge in [-0.25, -0.2) is 0 Å². The lowest BCUT2D eigenvalue weighted by atomic mass is 9.95. The Bertz CT molecular complexity index is 2530. The number of rotatable bonds is 6. The van der Waals surface area contributed by atoms with Crippen molar-refractivity contribution in [3.05, 3.63) is 188 Å². The van der Waals surface area contributed by atoms with Crippen LogP contribution in [0, 0.1) is 0 Å². The second-order valence-corrected chi connectivity index (χ2v) is 13.3. The fourth-order valence-electron chi connectivity index (χ4n) is 6.86. The van der Waals surface area contributed by atoms with Gasteiger partial charge >= 0.3 is 0 Å². The molecule has 0 unspecified atom stereocenters. The van der Waals surface area contributed by atoms with E-state index in [0.29, 0.717) is 0 Å². The van der Waals surface area contributed by atoms with Crippen molar-refractivity contribution < 1.29 is 0 Å². The molecule has 1 aromatic heterocycles. The third-order valence-electron chi connectivity index (χ3n) is 9.28. The van der Waals surface area contributed by atoms with E-state index in [-0.39, 0.29) is 0 Å². The van der Waals surface area contributed by atoms with Crippen molar-refractivity contribution in [3.63, 3.8) is 0 Å². The summed E-state index contributed by atoms with van der Waals surface area (Å²) in [4.78, 5) is 2.37. The van der Waals surface area contributed by atoms with E-state index in [2.05, 4.69) is 193 Å².